The molecule has 4 heteroatoms. The first kappa shape index (κ1) is 12.1. The predicted octanol–water partition coefficient (Wildman–Crippen LogP) is 4.28. The molecule has 2 nitrogen and oxygen atoms in total. The molecular weight excluding hydrogens is 259 g/mol. The molecule has 0 aliphatic heterocycles. The summed E-state index contributed by atoms with van der Waals surface area (Å²) >= 11 is 11.8. The lowest BCUT2D eigenvalue weighted by Crippen LogP contribution is -1.95. The Morgan fingerprint density at radius 1 is 1.00 bits per heavy atom. The maximum atomic E-state index is 9.28. The SMILES string of the molecule is Oc1ccc(COc2ccccc2Cl)cc1Cl. The topological polar surface area (TPSA) is 29.5 Å². The van der Waals surface area contributed by atoms with Crippen molar-refractivity contribution in [1.29, 1.82) is 0 Å². The van der Waals surface area contributed by atoms with Crippen molar-refractivity contribution in [2.75, 3.05) is 0 Å². The molecule has 0 bridgehead atoms. The van der Waals surface area contributed by atoms with Crippen LogP contribution >= 0.6 is 23.2 Å². The van der Waals surface area contributed by atoms with Gasteiger partial charge in [-0.05, 0) is 29.8 Å². The number of hydrogen-bond acceptors (Lipinski definition) is 2. The number of phenolic OH excluding ortho intramolecular Hbond substituents is 1. The van der Waals surface area contributed by atoms with Gasteiger partial charge in [0.25, 0.3) is 0 Å². The summed E-state index contributed by atoms with van der Waals surface area (Å²) in [6, 6.07) is 12.2. The highest BCUT2D eigenvalue weighted by Gasteiger charge is 2.03. The Morgan fingerprint density at radius 3 is 2.47 bits per heavy atom. The molecule has 1 N–H and O–H groups in total. The van der Waals surface area contributed by atoms with Crippen LogP contribution in [0.4, 0.5) is 0 Å². The molecule has 0 saturated heterocycles. The van der Waals surface area contributed by atoms with Crippen LogP contribution < -0.4 is 4.74 Å². The minimum Gasteiger partial charge on any atom is -0.506 e. The van der Waals surface area contributed by atoms with Gasteiger partial charge < -0.3 is 9.84 Å². The highest BCUT2D eigenvalue weighted by Crippen LogP contribution is 2.26. The Bertz CT molecular complexity index is 527. The fourth-order valence-corrected chi connectivity index (χ4v) is 1.76. The molecule has 0 aliphatic carbocycles. The second-order valence-electron chi connectivity index (χ2n) is 3.50. The normalized spacial score (nSPS) is 10.2. The summed E-state index contributed by atoms with van der Waals surface area (Å²) in [4.78, 5) is 0. The van der Waals surface area contributed by atoms with Crippen molar-refractivity contribution in [3.63, 3.8) is 0 Å². The maximum absolute atomic E-state index is 9.28. The van der Waals surface area contributed by atoms with E-state index < -0.39 is 0 Å². The van der Waals surface area contributed by atoms with Crippen LogP contribution in [-0.2, 0) is 6.61 Å². The number of halogens is 2. The molecule has 0 spiro atoms. The van der Waals surface area contributed by atoms with Gasteiger partial charge in [0.1, 0.15) is 18.1 Å². The van der Waals surface area contributed by atoms with E-state index in [4.69, 9.17) is 27.9 Å². The Balaban J connectivity index is 2.08. The van der Waals surface area contributed by atoms with Crippen molar-refractivity contribution in [2.45, 2.75) is 6.61 Å². The molecule has 2 aromatic rings. The number of phenols is 1. The molecule has 0 radical (unpaired) electrons. The molecule has 0 aromatic heterocycles. The monoisotopic (exact) mass is 268 g/mol. The van der Waals surface area contributed by atoms with E-state index in [9.17, 15) is 5.11 Å². The lowest BCUT2D eigenvalue weighted by molar-refractivity contribution is 0.306. The first-order valence-corrected chi connectivity index (χ1v) is 5.77. The lowest BCUT2D eigenvalue weighted by atomic mass is 10.2. The third kappa shape index (κ3) is 3.05. The second-order valence-corrected chi connectivity index (χ2v) is 4.32. The number of para-hydroxylation sites is 1. The summed E-state index contributed by atoms with van der Waals surface area (Å²) in [6.45, 7) is 0.351. The van der Waals surface area contributed by atoms with E-state index in [0.717, 1.165) is 5.56 Å². The van der Waals surface area contributed by atoms with Crippen LogP contribution in [0.15, 0.2) is 42.5 Å². The molecule has 2 aromatic carbocycles. The average Bonchev–Trinajstić information content (AvgIpc) is 2.32. The second kappa shape index (κ2) is 5.30. The van der Waals surface area contributed by atoms with Gasteiger partial charge in [0.15, 0.2) is 0 Å². The van der Waals surface area contributed by atoms with Crippen LogP contribution in [0, 0.1) is 0 Å². The molecular formula is C13H10Cl2O2. The Hall–Kier alpha value is -1.38. The molecule has 0 saturated carbocycles. The molecule has 17 heavy (non-hydrogen) atoms. The molecule has 0 heterocycles. The fraction of sp³-hybridized carbons (Fsp3) is 0.0769. The highest BCUT2D eigenvalue weighted by molar-refractivity contribution is 6.32. The minimum atomic E-state index is 0.0631. The Kier molecular flexibility index (Phi) is 3.77. The van der Waals surface area contributed by atoms with Crippen LogP contribution in [-0.4, -0.2) is 5.11 Å². The molecule has 0 fully saturated rings. The molecule has 88 valence electrons. The number of rotatable bonds is 3. The first-order valence-electron chi connectivity index (χ1n) is 5.01. The number of hydrogen-bond donors (Lipinski definition) is 1. The van der Waals surface area contributed by atoms with Crippen molar-refractivity contribution >= 4 is 23.2 Å². The van der Waals surface area contributed by atoms with Crippen LogP contribution in [0.25, 0.3) is 0 Å². The average molecular weight is 269 g/mol. The number of aromatic hydroxyl groups is 1. The van der Waals surface area contributed by atoms with Crippen LogP contribution in [0.2, 0.25) is 10.0 Å². The smallest absolute Gasteiger partial charge is 0.138 e. The summed E-state index contributed by atoms with van der Waals surface area (Å²) in [5.74, 6) is 0.687. The van der Waals surface area contributed by atoms with E-state index in [1.807, 2.05) is 12.1 Å². The lowest BCUT2D eigenvalue weighted by Gasteiger charge is -2.08. The van der Waals surface area contributed by atoms with Crippen LogP contribution in [0.3, 0.4) is 0 Å². The van der Waals surface area contributed by atoms with E-state index >= 15 is 0 Å². The first-order chi connectivity index (χ1) is 8.16. The third-order valence-corrected chi connectivity index (χ3v) is 2.86. The van der Waals surface area contributed by atoms with E-state index in [1.54, 1.807) is 24.3 Å². The van der Waals surface area contributed by atoms with Crippen molar-refractivity contribution in [1.82, 2.24) is 0 Å². The zero-order valence-corrected chi connectivity index (χ0v) is 10.4. The number of benzene rings is 2. The standard InChI is InChI=1S/C13H10Cl2O2/c14-10-3-1-2-4-13(10)17-8-9-5-6-12(16)11(15)7-9/h1-7,16H,8H2. The van der Waals surface area contributed by atoms with Crippen molar-refractivity contribution in [3.8, 4) is 11.5 Å². The van der Waals surface area contributed by atoms with Crippen molar-refractivity contribution in [3.05, 3.63) is 58.1 Å². The van der Waals surface area contributed by atoms with Crippen molar-refractivity contribution < 1.29 is 9.84 Å². The summed E-state index contributed by atoms with van der Waals surface area (Å²) in [5, 5.41) is 10.2. The van der Waals surface area contributed by atoms with Crippen LogP contribution in [0.1, 0.15) is 5.56 Å². The summed E-state index contributed by atoms with van der Waals surface area (Å²) in [7, 11) is 0. The predicted molar refractivity (Wildman–Crippen MR) is 68.9 cm³/mol. The van der Waals surface area contributed by atoms with Crippen molar-refractivity contribution in [2.24, 2.45) is 0 Å². The largest absolute Gasteiger partial charge is 0.506 e. The summed E-state index contributed by atoms with van der Waals surface area (Å²) in [6.07, 6.45) is 0. The van der Waals surface area contributed by atoms with Gasteiger partial charge in [-0.3, -0.25) is 0 Å². The van der Waals surface area contributed by atoms with E-state index in [2.05, 4.69) is 0 Å². The molecule has 0 atom stereocenters. The van der Waals surface area contributed by atoms with Crippen LogP contribution in [0.5, 0.6) is 11.5 Å². The molecule has 0 aliphatic rings. The highest BCUT2D eigenvalue weighted by atomic mass is 35.5. The Morgan fingerprint density at radius 2 is 1.76 bits per heavy atom. The quantitative estimate of drug-likeness (QED) is 0.901. The van der Waals surface area contributed by atoms with Gasteiger partial charge in [-0.25, -0.2) is 0 Å². The van der Waals surface area contributed by atoms with Gasteiger partial charge in [0, 0.05) is 0 Å². The molecule has 0 amide bonds. The van der Waals surface area contributed by atoms with E-state index in [1.165, 1.54) is 6.07 Å². The summed E-state index contributed by atoms with van der Waals surface area (Å²) < 4.78 is 5.55. The molecule has 0 unspecified atom stereocenters. The van der Waals surface area contributed by atoms with E-state index in [-0.39, 0.29) is 5.75 Å². The Labute approximate surface area is 109 Å². The van der Waals surface area contributed by atoms with E-state index in [0.29, 0.717) is 22.4 Å². The zero-order valence-electron chi connectivity index (χ0n) is 8.86. The van der Waals surface area contributed by atoms with Gasteiger partial charge in [-0.15, -0.1) is 0 Å². The van der Waals surface area contributed by atoms with Gasteiger partial charge in [0.2, 0.25) is 0 Å². The zero-order chi connectivity index (χ0) is 12.3. The number of ether oxygens (including phenoxy) is 1. The van der Waals surface area contributed by atoms with Gasteiger partial charge in [-0.2, -0.15) is 0 Å². The third-order valence-electron chi connectivity index (χ3n) is 2.24. The summed E-state index contributed by atoms with van der Waals surface area (Å²) in [5.41, 5.74) is 0.868. The fourth-order valence-electron chi connectivity index (χ4n) is 1.36. The minimum absolute atomic E-state index is 0.0631. The molecule has 2 rings (SSSR count). The van der Waals surface area contributed by atoms with Gasteiger partial charge in [-0.1, -0.05) is 41.4 Å². The van der Waals surface area contributed by atoms with Gasteiger partial charge >= 0.3 is 0 Å². The van der Waals surface area contributed by atoms with Gasteiger partial charge in [0.05, 0.1) is 10.0 Å². The maximum Gasteiger partial charge on any atom is 0.138 e.